The number of benzene rings is 2. The van der Waals surface area contributed by atoms with E-state index in [2.05, 4.69) is 15.6 Å². The highest BCUT2D eigenvalue weighted by Gasteiger charge is 2.61. The number of nitrogens with zero attached hydrogens (tertiary/aromatic N) is 1. The zero-order valence-corrected chi connectivity index (χ0v) is 20.0. The quantitative estimate of drug-likeness (QED) is 0.484. The Morgan fingerprint density at radius 2 is 1.91 bits per heavy atom. The molecule has 4 atom stereocenters. The van der Waals surface area contributed by atoms with Crippen LogP contribution in [-0.4, -0.2) is 28.2 Å². The summed E-state index contributed by atoms with van der Waals surface area (Å²) in [6.45, 7) is 7.78. The number of nitrogens with one attached hydrogen (secondary N) is 2. The summed E-state index contributed by atoms with van der Waals surface area (Å²) in [5, 5.41) is 16.8. The summed E-state index contributed by atoms with van der Waals surface area (Å²) in [6, 6.07) is 13.0. The Morgan fingerprint density at radius 3 is 2.66 bits per heavy atom. The van der Waals surface area contributed by atoms with Crippen molar-refractivity contribution in [3.8, 4) is 5.75 Å². The van der Waals surface area contributed by atoms with Crippen LogP contribution in [0.25, 0.3) is 0 Å². The summed E-state index contributed by atoms with van der Waals surface area (Å²) in [5.41, 5.74) is 1.78. The lowest BCUT2D eigenvalue weighted by Crippen LogP contribution is -2.41. The molecule has 180 valence electrons. The highest BCUT2D eigenvalue weighted by molar-refractivity contribution is 5.89. The van der Waals surface area contributed by atoms with Gasteiger partial charge in [-0.25, -0.2) is 9.78 Å². The molecule has 4 bridgehead atoms. The van der Waals surface area contributed by atoms with Gasteiger partial charge in [0.25, 0.3) is 0 Å². The first-order valence-electron chi connectivity index (χ1n) is 11.8. The molecule has 3 aliphatic rings. The first kappa shape index (κ1) is 21.7. The van der Waals surface area contributed by atoms with Gasteiger partial charge in [-0.05, 0) is 35.1 Å². The van der Waals surface area contributed by atoms with E-state index in [1.807, 2.05) is 70.2 Å². The summed E-state index contributed by atoms with van der Waals surface area (Å²) in [5.74, 6) is -0.618. The highest BCUT2D eigenvalue weighted by Crippen LogP contribution is 2.58. The molecule has 3 N–H and O–H groups in total. The fraction of sp³-hybridized carbons (Fsp3) is 0.370. The van der Waals surface area contributed by atoms with E-state index in [0.717, 1.165) is 22.4 Å². The van der Waals surface area contributed by atoms with Crippen molar-refractivity contribution < 1.29 is 23.8 Å². The second-order valence-corrected chi connectivity index (χ2v) is 10.8. The van der Waals surface area contributed by atoms with Crippen LogP contribution in [-0.2, 0) is 16.6 Å². The van der Waals surface area contributed by atoms with Gasteiger partial charge in [-0.3, -0.25) is 4.79 Å². The van der Waals surface area contributed by atoms with Crippen LogP contribution in [0.4, 0.5) is 5.69 Å². The average molecular weight is 474 g/mol. The van der Waals surface area contributed by atoms with Crippen LogP contribution in [0.3, 0.4) is 0 Å². The number of carboxylic acid groups (broad SMARTS) is 1. The Bertz CT molecular complexity index is 1390. The number of oxazole rings is 1. The maximum atomic E-state index is 13.2. The average Bonchev–Trinajstić information content (AvgIpc) is 3.45. The van der Waals surface area contributed by atoms with Crippen molar-refractivity contribution in [2.75, 3.05) is 5.32 Å². The molecule has 0 saturated heterocycles. The lowest BCUT2D eigenvalue weighted by atomic mass is 9.72. The number of ether oxygens (including phenoxy) is 1. The summed E-state index contributed by atoms with van der Waals surface area (Å²) in [6.07, 6.45) is -0.0728. The number of rotatable bonds is 1. The van der Waals surface area contributed by atoms with Crippen LogP contribution >= 0.6 is 0 Å². The van der Waals surface area contributed by atoms with Crippen molar-refractivity contribution in [1.29, 1.82) is 0 Å². The van der Waals surface area contributed by atoms with Crippen LogP contribution in [0.15, 0.2) is 46.9 Å². The molecule has 8 heteroatoms. The predicted molar refractivity (Wildman–Crippen MR) is 127 cm³/mol. The Kier molecular flexibility index (Phi) is 4.40. The van der Waals surface area contributed by atoms with Gasteiger partial charge in [0.15, 0.2) is 17.7 Å². The first-order valence-corrected chi connectivity index (χ1v) is 11.8. The molecule has 0 fully saturated rings. The third kappa shape index (κ3) is 2.95. The number of carbonyl (C=O) groups excluding carboxylic acids is 1. The number of hydrogen-bond acceptors (Lipinski definition) is 6. The number of carboxylic acids is 1. The minimum Gasteiger partial charge on any atom is -0.476 e. The van der Waals surface area contributed by atoms with Gasteiger partial charge in [-0.15, -0.1) is 0 Å². The van der Waals surface area contributed by atoms with Gasteiger partial charge in [0.05, 0.1) is 0 Å². The molecule has 0 radical (unpaired) electrons. The molecule has 35 heavy (non-hydrogen) atoms. The number of anilines is 1. The Balaban J connectivity index is 1.72. The second kappa shape index (κ2) is 7.10. The lowest BCUT2D eigenvalue weighted by molar-refractivity contribution is -0.126. The topological polar surface area (TPSA) is 114 Å². The first-order chi connectivity index (χ1) is 16.6. The standard InChI is InChI=1S/C27H27N3O5/c1-13-11-14-9-10-18-16(12-14)27(15-7-5-6-8-17(15)28-25(27)34-18)21-19(24(32)33)29-23(35-21)20(26(2,3)4)30-22(13)31/h5-10,12-13,20,25,28H,11H2,1-4H3,(H,30,31)(H,32,33)/t13?,20?,25-,27?/m1/s1. The molecule has 1 amide bonds. The largest absolute Gasteiger partial charge is 0.476 e. The molecule has 8 nitrogen and oxygen atoms in total. The van der Waals surface area contributed by atoms with Crippen molar-refractivity contribution in [2.45, 2.75) is 51.8 Å². The maximum Gasteiger partial charge on any atom is 0.358 e. The van der Waals surface area contributed by atoms with Crippen LogP contribution < -0.4 is 15.4 Å². The minimum atomic E-state index is -1.20. The molecule has 0 saturated carbocycles. The van der Waals surface area contributed by atoms with Crippen molar-refractivity contribution >= 4 is 17.6 Å². The van der Waals surface area contributed by atoms with E-state index < -0.39 is 29.1 Å². The van der Waals surface area contributed by atoms with Crippen LogP contribution in [0.2, 0.25) is 0 Å². The third-order valence-electron chi connectivity index (χ3n) is 7.34. The van der Waals surface area contributed by atoms with E-state index in [4.69, 9.17) is 9.15 Å². The molecular formula is C27H27N3O5. The predicted octanol–water partition coefficient (Wildman–Crippen LogP) is 4.25. The molecule has 4 heterocycles. The van der Waals surface area contributed by atoms with Crippen molar-refractivity contribution in [3.63, 3.8) is 0 Å². The number of amides is 1. The Labute approximate surface area is 202 Å². The van der Waals surface area contributed by atoms with Crippen molar-refractivity contribution in [1.82, 2.24) is 10.3 Å². The van der Waals surface area contributed by atoms with Crippen LogP contribution in [0, 0.1) is 11.3 Å². The summed E-state index contributed by atoms with van der Waals surface area (Å²) in [7, 11) is 0. The SMILES string of the molecule is CC1Cc2ccc3c(c2)C2(c4ccccc4N[C@@H]2O3)c2oc(nc2C(=O)O)C(C(C)(C)C)NC1=O. The van der Waals surface area contributed by atoms with Gasteiger partial charge in [0.1, 0.15) is 17.2 Å². The van der Waals surface area contributed by atoms with Gasteiger partial charge < -0.3 is 24.9 Å². The smallest absolute Gasteiger partial charge is 0.358 e. The maximum absolute atomic E-state index is 13.2. The molecule has 2 aromatic carbocycles. The van der Waals surface area contributed by atoms with Crippen molar-refractivity contribution in [2.24, 2.45) is 11.3 Å². The number of hydrogen-bond donors (Lipinski definition) is 3. The monoisotopic (exact) mass is 473 g/mol. The van der Waals surface area contributed by atoms with E-state index in [-0.39, 0.29) is 29.2 Å². The Hall–Kier alpha value is -3.81. The van der Waals surface area contributed by atoms with Gasteiger partial charge in [0.2, 0.25) is 11.8 Å². The van der Waals surface area contributed by atoms with Crippen molar-refractivity contribution in [3.05, 3.63) is 76.5 Å². The van der Waals surface area contributed by atoms with E-state index in [0.29, 0.717) is 12.2 Å². The minimum absolute atomic E-state index is 0.139. The summed E-state index contributed by atoms with van der Waals surface area (Å²) in [4.78, 5) is 30.2. The zero-order chi connectivity index (χ0) is 24.7. The fourth-order valence-corrected chi connectivity index (χ4v) is 5.61. The highest BCUT2D eigenvalue weighted by atomic mass is 16.5. The molecule has 0 aliphatic carbocycles. The van der Waals surface area contributed by atoms with E-state index in [1.165, 1.54) is 0 Å². The molecule has 3 aromatic rings. The third-order valence-corrected chi connectivity index (χ3v) is 7.34. The normalized spacial score (nSPS) is 26.4. The number of aromatic nitrogens is 1. The molecule has 6 rings (SSSR count). The number of aromatic carboxylic acids is 1. The summed E-state index contributed by atoms with van der Waals surface area (Å²) < 4.78 is 12.8. The molecule has 3 aliphatic heterocycles. The van der Waals surface area contributed by atoms with E-state index in [1.54, 1.807) is 0 Å². The lowest BCUT2D eigenvalue weighted by Gasteiger charge is -2.31. The fourth-order valence-electron chi connectivity index (χ4n) is 5.61. The van der Waals surface area contributed by atoms with E-state index in [9.17, 15) is 14.7 Å². The van der Waals surface area contributed by atoms with Gasteiger partial charge >= 0.3 is 5.97 Å². The van der Waals surface area contributed by atoms with Crippen LogP contribution in [0.1, 0.15) is 72.6 Å². The van der Waals surface area contributed by atoms with Gasteiger partial charge in [-0.2, -0.15) is 0 Å². The number of carbonyl (C=O) groups is 2. The van der Waals surface area contributed by atoms with Gasteiger partial charge in [-0.1, -0.05) is 58.0 Å². The number of fused-ring (bicyclic) bond motifs is 4. The van der Waals surface area contributed by atoms with Gasteiger partial charge in [0, 0.05) is 17.2 Å². The molecule has 3 unspecified atom stereocenters. The van der Waals surface area contributed by atoms with Crippen LogP contribution in [0.5, 0.6) is 5.75 Å². The number of para-hydroxylation sites is 1. The second-order valence-electron chi connectivity index (χ2n) is 10.8. The molecule has 1 aromatic heterocycles. The summed E-state index contributed by atoms with van der Waals surface area (Å²) >= 11 is 0. The zero-order valence-electron chi connectivity index (χ0n) is 20.0. The molecule has 1 spiro atoms. The Morgan fingerprint density at radius 1 is 1.14 bits per heavy atom. The van der Waals surface area contributed by atoms with E-state index >= 15 is 0 Å². The molecular weight excluding hydrogens is 446 g/mol.